The molecule has 1 aliphatic rings. The summed E-state index contributed by atoms with van der Waals surface area (Å²) in [6.45, 7) is 4.41. The normalized spacial score (nSPS) is 17.7. The summed E-state index contributed by atoms with van der Waals surface area (Å²) in [6, 6.07) is 7.48. The number of hydrogen-bond donors (Lipinski definition) is 1. The van der Waals surface area contributed by atoms with Crippen LogP contribution in [0.15, 0.2) is 30.3 Å². The van der Waals surface area contributed by atoms with Gasteiger partial charge >= 0.3 is 5.97 Å². The lowest BCUT2D eigenvalue weighted by atomic mass is 9.79. The van der Waals surface area contributed by atoms with Crippen molar-refractivity contribution in [1.29, 1.82) is 0 Å². The second kappa shape index (κ2) is 9.16. The first-order valence-corrected chi connectivity index (χ1v) is 10.0. The van der Waals surface area contributed by atoms with Crippen molar-refractivity contribution in [3.05, 3.63) is 47.0 Å². The van der Waals surface area contributed by atoms with Gasteiger partial charge in [0.25, 0.3) is 5.91 Å². The van der Waals surface area contributed by atoms with Gasteiger partial charge in [0.15, 0.2) is 11.5 Å². The molecule has 0 saturated heterocycles. The smallest absolute Gasteiger partial charge is 0.313 e. The molecule has 0 radical (unpaired) electrons. The van der Waals surface area contributed by atoms with Gasteiger partial charge in [0.05, 0.1) is 33.5 Å². The molecule has 0 aliphatic carbocycles. The maximum atomic E-state index is 13.3. The van der Waals surface area contributed by atoms with Crippen LogP contribution in [-0.2, 0) is 4.79 Å². The number of benzene rings is 2. The monoisotopic (exact) mass is 429 g/mol. The van der Waals surface area contributed by atoms with Gasteiger partial charge in [-0.05, 0) is 49.7 Å². The Bertz CT molecular complexity index is 988. The Balaban J connectivity index is 2.26. The number of carbonyl (C=O) groups is 2. The van der Waals surface area contributed by atoms with Gasteiger partial charge in [0, 0.05) is 18.2 Å². The Morgan fingerprint density at radius 1 is 0.968 bits per heavy atom. The Morgan fingerprint density at radius 3 is 2.16 bits per heavy atom. The summed E-state index contributed by atoms with van der Waals surface area (Å²) < 4.78 is 22.1. The van der Waals surface area contributed by atoms with E-state index in [0.717, 1.165) is 0 Å². The summed E-state index contributed by atoms with van der Waals surface area (Å²) in [6.07, 6.45) is 0. The third-order valence-electron chi connectivity index (χ3n) is 5.36. The van der Waals surface area contributed by atoms with E-state index >= 15 is 0 Å². The Labute approximate surface area is 181 Å². The molecule has 8 heteroatoms. The maximum absolute atomic E-state index is 13.3. The SMILES string of the molecule is CCOc1cc2c(cc1OCC)[C@@H](C(=O)O)[C@@H](c1cc(OC)ccc1OC)N(C)C2=O. The van der Waals surface area contributed by atoms with E-state index in [4.69, 9.17) is 18.9 Å². The van der Waals surface area contributed by atoms with Gasteiger partial charge in [-0.15, -0.1) is 0 Å². The minimum Gasteiger partial charge on any atom is -0.497 e. The Morgan fingerprint density at radius 2 is 1.61 bits per heavy atom. The molecule has 2 atom stereocenters. The molecule has 166 valence electrons. The first-order chi connectivity index (χ1) is 14.9. The van der Waals surface area contributed by atoms with Crippen LogP contribution in [0.5, 0.6) is 23.0 Å². The number of nitrogens with zero attached hydrogens (tertiary/aromatic N) is 1. The van der Waals surface area contributed by atoms with E-state index in [0.29, 0.717) is 47.3 Å². The highest BCUT2D eigenvalue weighted by atomic mass is 16.5. The fourth-order valence-electron chi connectivity index (χ4n) is 3.99. The van der Waals surface area contributed by atoms with Crippen LogP contribution in [0.1, 0.15) is 47.3 Å². The van der Waals surface area contributed by atoms with E-state index in [1.807, 2.05) is 13.8 Å². The summed E-state index contributed by atoms with van der Waals surface area (Å²) in [4.78, 5) is 27.2. The van der Waals surface area contributed by atoms with Crippen LogP contribution in [0.3, 0.4) is 0 Å². The fraction of sp³-hybridized carbons (Fsp3) is 0.391. The quantitative estimate of drug-likeness (QED) is 0.686. The first kappa shape index (κ1) is 22.3. The summed E-state index contributed by atoms with van der Waals surface area (Å²) in [5, 5.41) is 10.2. The molecule has 1 amide bonds. The number of likely N-dealkylation sites (N-methyl/N-ethyl adjacent to an activating group) is 1. The third-order valence-corrected chi connectivity index (χ3v) is 5.36. The number of hydrogen-bond acceptors (Lipinski definition) is 6. The molecule has 2 aromatic rings. The van der Waals surface area contributed by atoms with Crippen LogP contribution in [-0.4, -0.2) is 56.4 Å². The van der Waals surface area contributed by atoms with Gasteiger partial charge < -0.3 is 29.0 Å². The lowest BCUT2D eigenvalue weighted by Crippen LogP contribution is -2.42. The van der Waals surface area contributed by atoms with Crippen LogP contribution in [0.25, 0.3) is 0 Å². The van der Waals surface area contributed by atoms with Gasteiger partial charge in [-0.1, -0.05) is 0 Å². The predicted molar refractivity (Wildman–Crippen MR) is 114 cm³/mol. The van der Waals surface area contributed by atoms with Gasteiger partial charge in [-0.2, -0.15) is 0 Å². The summed E-state index contributed by atoms with van der Waals surface area (Å²) in [5.41, 5.74) is 1.19. The minimum absolute atomic E-state index is 0.278. The molecule has 31 heavy (non-hydrogen) atoms. The van der Waals surface area contributed by atoms with E-state index < -0.39 is 17.9 Å². The summed E-state index contributed by atoms with van der Waals surface area (Å²) >= 11 is 0. The second-order valence-electron chi connectivity index (χ2n) is 7.04. The zero-order chi connectivity index (χ0) is 22.7. The van der Waals surface area contributed by atoms with Crippen LogP contribution in [0.2, 0.25) is 0 Å². The topological polar surface area (TPSA) is 94.5 Å². The van der Waals surface area contributed by atoms with Crippen LogP contribution >= 0.6 is 0 Å². The van der Waals surface area contributed by atoms with Crippen molar-refractivity contribution in [1.82, 2.24) is 4.90 Å². The summed E-state index contributed by atoms with van der Waals surface area (Å²) in [5.74, 6) is -0.610. The Kier molecular flexibility index (Phi) is 6.58. The van der Waals surface area contributed by atoms with Crippen LogP contribution < -0.4 is 18.9 Å². The van der Waals surface area contributed by atoms with Gasteiger partial charge in [-0.3, -0.25) is 9.59 Å². The predicted octanol–water partition coefficient (Wildman–Crippen LogP) is 3.50. The fourth-order valence-corrected chi connectivity index (χ4v) is 3.99. The van der Waals surface area contributed by atoms with Crippen LogP contribution in [0.4, 0.5) is 0 Å². The molecule has 3 rings (SSSR count). The molecule has 1 N–H and O–H groups in total. The molecule has 0 unspecified atom stereocenters. The number of carbonyl (C=O) groups excluding carboxylic acids is 1. The van der Waals surface area contributed by atoms with E-state index in [9.17, 15) is 14.7 Å². The number of rotatable bonds is 8. The van der Waals surface area contributed by atoms with Crippen molar-refractivity contribution >= 4 is 11.9 Å². The molecule has 0 aromatic heterocycles. The van der Waals surface area contributed by atoms with E-state index in [1.165, 1.54) is 19.1 Å². The van der Waals surface area contributed by atoms with Crippen molar-refractivity contribution in [3.8, 4) is 23.0 Å². The first-order valence-electron chi connectivity index (χ1n) is 10.0. The zero-order valence-corrected chi connectivity index (χ0v) is 18.3. The highest BCUT2D eigenvalue weighted by molar-refractivity contribution is 6.01. The van der Waals surface area contributed by atoms with Crippen molar-refractivity contribution in [2.24, 2.45) is 0 Å². The lowest BCUT2D eigenvalue weighted by Gasteiger charge is -2.39. The van der Waals surface area contributed by atoms with Gasteiger partial charge in [-0.25, -0.2) is 0 Å². The van der Waals surface area contributed by atoms with E-state index in [1.54, 1.807) is 37.4 Å². The maximum Gasteiger partial charge on any atom is 0.313 e. The summed E-state index contributed by atoms with van der Waals surface area (Å²) in [7, 11) is 4.61. The average Bonchev–Trinajstić information content (AvgIpc) is 2.76. The molecule has 1 heterocycles. The van der Waals surface area contributed by atoms with E-state index in [2.05, 4.69) is 0 Å². The zero-order valence-electron chi connectivity index (χ0n) is 18.3. The standard InChI is InChI=1S/C23H27NO7/c1-6-30-18-11-14-15(12-19(18)31-7-2)22(25)24(3)21(20(14)23(26)27)16-10-13(28-4)8-9-17(16)29-5/h8-12,20-21H,6-7H2,1-5H3,(H,26,27)/t20-,21-/m1/s1. The molecule has 0 bridgehead atoms. The molecule has 1 aliphatic heterocycles. The van der Waals surface area contributed by atoms with Crippen molar-refractivity contribution in [2.45, 2.75) is 25.8 Å². The third kappa shape index (κ3) is 3.97. The van der Waals surface area contributed by atoms with Crippen molar-refractivity contribution in [2.75, 3.05) is 34.5 Å². The largest absolute Gasteiger partial charge is 0.497 e. The number of carboxylic acid groups (broad SMARTS) is 1. The number of aliphatic carboxylic acids is 1. The number of ether oxygens (including phenoxy) is 4. The number of amides is 1. The number of fused-ring (bicyclic) bond motifs is 1. The highest BCUT2D eigenvalue weighted by Gasteiger charge is 2.45. The lowest BCUT2D eigenvalue weighted by molar-refractivity contribution is -0.140. The molecule has 0 fully saturated rings. The van der Waals surface area contributed by atoms with Gasteiger partial charge in [0.2, 0.25) is 0 Å². The van der Waals surface area contributed by atoms with E-state index in [-0.39, 0.29) is 11.5 Å². The molecular weight excluding hydrogens is 402 g/mol. The van der Waals surface area contributed by atoms with Gasteiger partial charge in [0.1, 0.15) is 17.4 Å². The highest BCUT2D eigenvalue weighted by Crippen LogP contribution is 2.48. The molecule has 2 aromatic carbocycles. The average molecular weight is 429 g/mol. The van der Waals surface area contributed by atoms with Crippen molar-refractivity contribution < 1.29 is 33.6 Å². The molecule has 0 spiro atoms. The number of carboxylic acids is 1. The molecule has 8 nitrogen and oxygen atoms in total. The Hall–Kier alpha value is -3.42. The minimum atomic E-state index is -1.07. The van der Waals surface area contributed by atoms with Crippen LogP contribution in [0, 0.1) is 0 Å². The second-order valence-corrected chi connectivity index (χ2v) is 7.04. The molecular formula is C23H27NO7. The van der Waals surface area contributed by atoms with Crippen molar-refractivity contribution in [3.63, 3.8) is 0 Å². The molecule has 0 saturated carbocycles. The number of methoxy groups -OCH3 is 2.